The molecule has 0 spiro atoms. The van der Waals surface area contributed by atoms with Crippen LogP contribution in [0, 0.1) is 0 Å². The number of methoxy groups -OCH3 is 1. The number of hydrogen-bond donors (Lipinski definition) is 1. The number of carboxylic acid groups (broad SMARTS) is 1. The average Bonchev–Trinajstić information content (AvgIpc) is 2.65. The zero-order valence-electron chi connectivity index (χ0n) is 13.5. The van der Waals surface area contributed by atoms with Crippen LogP contribution in [0.1, 0.15) is 32.0 Å². The van der Waals surface area contributed by atoms with Crippen LogP contribution >= 0.6 is 0 Å². The molecule has 0 aliphatic rings. The van der Waals surface area contributed by atoms with E-state index in [9.17, 15) is 14.7 Å². The zero-order valence-corrected chi connectivity index (χ0v) is 13.5. The lowest BCUT2D eigenvalue weighted by Crippen LogP contribution is -2.00. The van der Waals surface area contributed by atoms with Gasteiger partial charge in [-0.25, -0.2) is 14.6 Å². The van der Waals surface area contributed by atoms with Crippen LogP contribution in [0.25, 0.3) is 23.1 Å². The first-order valence-electron chi connectivity index (χ1n) is 7.58. The van der Waals surface area contributed by atoms with Crippen molar-refractivity contribution in [2.24, 2.45) is 0 Å². The maximum atomic E-state index is 11.5. The van der Waals surface area contributed by atoms with Crippen LogP contribution in [-0.2, 0) is 4.74 Å². The van der Waals surface area contributed by atoms with E-state index in [1.807, 2.05) is 12.1 Å². The van der Waals surface area contributed by atoms with Crippen LogP contribution in [0.4, 0.5) is 0 Å². The standard InChI is InChI=1S/C20H15NO4/c1-25-20(24)14-9-6-13(7-10-14)8-11-15-12-17(19(22)23)16-4-2-3-5-18(16)21-15/h2-12H,1H3,(H,22,23). The van der Waals surface area contributed by atoms with Gasteiger partial charge in [-0.2, -0.15) is 0 Å². The number of pyridine rings is 1. The van der Waals surface area contributed by atoms with E-state index in [2.05, 4.69) is 9.72 Å². The van der Waals surface area contributed by atoms with Crippen molar-refractivity contribution in [1.82, 2.24) is 4.98 Å². The van der Waals surface area contributed by atoms with Crippen molar-refractivity contribution in [3.63, 3.8) is 0 Å². The largest absolute Gasteiger partial charge is 0.478 e. The fourth-order valence-electron chi connectivity index (χ4n) is 2.49. The summed E-state index contributed by atoms with van der Waals surface area (Å²) < 4.78 is 4.66. The Kier molecular flexibility index (Phi) is 4.57. The van der Waals surface area contributed by atoms with Crippen LogP contribution in [0.15, 0.2) is 54.6 Å². The van der Waals surface area contributed by atoms with E-state index >= 15 is 0 Å². The Labute approximate surface area is 144 Å². The second kappa shape index (κ2) is 6.97. The Morgan fingerprint density at radius 1 is 1.04 bits per heavy atom. The van der Waals surface area contributed by atoms with Gasteiger partial charge in [-0.3, -0.25) is 0 Å². The summed E-state index contributed by atoms with van der Waals surface area (Å²) >= 11 is 0. The molecule has 0 unspecified atom stereocenters. The number of carbonyl (C=O) groups excluding carboxylic acids is 1. The predicted molar refractivity (Wildman–Crippen MR) is 95.4 cm³/mol. The summed E-state index contributed by atoms with van der Waals surface area (Å²) in [7, 11) is 1.33. The van der Waals surface area contributed by atoms with Gasteiger partial charge in [0.1, 0.15) is 0 Å². The molecule has 0 aliphatic carbocycles. The minimum Gasteiger partial charge on any atom is -0.478 e. The highest BCUT2D eigenvalue weighted by molar-refractivity contribution is 6.03. The lowest BCUT2D eigenvalue weighted by Gasteiger charge is -2.04. The van der Waals surface area contributed by atoms with Crippen molar-refractivity contribution in [3.8, 4) is 0 Å². The minimum atomic E-state index is -0.990. The summed E-state index contributed by atoms with van der Waals surface area (Å²) in [5.74, 6) is -1.38. The second-order valence-corrected chi connectivity index (χ2v) is 5.36. The summed E-state index contributed by atoms with van der Waals surface area (Å²) in [5, 5.41) is 10.0. The number of rotatable bonds is 4. The molecule has 0 saturated carbocycles. The van der Waals surface area contributed by atoms with Crippen LogP contribution in [0.3, 0.4) is 0 Å². The fourth-order valence-corrected chi connectivity index (χ4v) is 2.49. The molecule has 5 heteroatoms. The Bertz CT molecular complexity index is 975. The van der Waals surface area contributed by atoms with E-state index in [-0.39, 0.29) is 5.56 Å². The molecule has 0 atom stereocenters. The molecule has 0 bridgehead atoms. The van der Waals surface area contributed by atoms with Crippen molar-refractivity contribution in [2.75, 3.05) is 7.11 Å². The normalized spacial score (nSPS) is 10.9. The first-order chi connectivity index (χ1) is 12.1. The monoisotopic (exact) mass is 333 g/mol. The van der Waals surface area contributed by atoms with Gasteiger partial charge in [0.05, 0.1) is 29.4 Å². The molecule has 3 aromatic rings. The first kappa shape index (κ1) is 16.4. The summed E-state index contributed by atoms with van der Waals surface area (Å²) in [6.45, 7) is 0. The second-order valence-electron chi connectivity index (χ2n) is 5.36. The Balaban J connectivity index is 1.93. The Hall–Kier alpha value is -3.47. The number of fused-ring (bicyclic) bond motifs is 1. The number of esters is 1. The number of nitrogens with zero attached hydrogens (tertiary/aromatic N) is 1. The number of carboxylic acids is 1. The maximum Gasteiger partial charge on any atom is 0.337 e. The molecule has 25 heavy (non-hydrogen) atoms. The van der Waals surface area contributed by atoms with E-state index in [0.29, 0.717) is 22.2 Å². The molecule has 124 valence electrons. The van der Waals surface area contributed by atoms with Crippen molar-refractivity contribution in [1.29, 1.82) is 0 Å². The smallest absolute Gasteiger partial charge is 0.337 e. The molecule has 0 fully saturated rings. The molecular weight excluding hydrogens is 318 g/mol. The first-order valence-corrected chi connectivity index (χ1v) is 7.58. The Morgan fingerprint density at radius 3 is 2.44 bits per heavy atom. The third-order valence-corrected chi connectivity index (χ3v) is 3.74. The molecule has 0 amide bonds. The molecule has 1 N–H and O–H groups in total. The van der Waals surface area contributed by atoms with Crippen LogP contribution < -0.4 is 0 Å². The van der Waals surface area contributed by atoms with Crippen LogP contribution in [0.2, 0.25) is 0 Å². The average molecular weight is 333 g/mol. The summed E-state index contributed by atoms with van der Waals surface area (Å²) in [4.78, 5) is 27.4. The fraction of sp³-hybridized carbons (Fsp3) is 0.0500. The lowest BCUT2D eigenvalue weighted by atomic mass is 10.1. The van der Waals surface area contributed by atoms with E-state index < -0.39 is 11.9 Å². The number of ether oxygens (including phenoxy) is 1. The zero-order chi connectivity index (χ0) is 17.8. The molecule has 2 aromatic carbocycles. The highest BCUT2D eigenvalue weighted by atomic mass is 16.5. The van der Waals surface area contributed by atoms with E-state index in [0.717, 1.165) is 5.56 Å². The summed E-state index contributed by atoms with van der Waals surface area (Å²) in [6, 6.07) is 15.6. The molecule has 1 aromatic heterocycles. The molecule has 1 heterocycles. The third-order valence-electron chi connectivity index (χ3n) is 3.74. The van der Waals surface area contributed by atoms with Gasteiger partial charge in [-0.05, 0) is 35.9 Å². The number of hydrogen-bond acceptors (Lipinski definition) is 4. The van der Waals surface area contributed by atoms with Crippen LogP contribution in [-0.4, -0.2) is 29.1 Å². The number of aromatic carboxylic acids is 1. The molecule has 0 saturated heterocycles. The predicted octanol–water partition coefficient (Wildman–Crippen LogP) is 3.89. The van der Waals surface area contributed by atoms with Gasteiger partial charge in [-0.1, -0.05) is 36.4 Å². The van der Waals surface area contributed by atoms with Gasteiger partial charge < -0.3 is 9.84 Å². The highest BCUT2D eigenvalue weighted by Crippen LogP contribution is 2.20. The van der Waals surface area contributed by atoms with Crippen molar-refractivity contribution in [3.05, 3.63) is 77.0 Å². The number of carbonyl (C=O) groups is 2. The summed E-state index contributed by atoms with van der Waals surface area (Å²) in [6.07, 6.45) is 3.55. The summed E-state index contributed by atoms with van der Waals surface area (Å²) in [5.41, 5.74) is 2.72. The Morgan fingerprint density at radius 2 is 1.76 bits per heavy atom. The number of benzene rings is 2. The quantitative estimate of drug-likeness (QED) is 0.733. The number of para-hydroxylation sites is 1. The van der Waals surface area contributed by atoms with Crippen LogP contribution in [0.5, 0.6) is 0 Å². The molecular formula is C20H15NO4. The minimum absolute atomic E-state index is 0.214. The highest BCUT2D eigenvalue weighted by Gasteiger charge is 2.10. The van der Waals surface area contributed by atoms with E-state index in [1.165, 1.54) is 7.11 Å². The molecule has 0 radical (unpaired) electrons. The third kappa shape index (κ3) is 3.55. The lowest BCUT2D eigenvalue weighted by molar-refractivity contribution is 0.0600. The molecule has 5 nitrogen and oxygen atoms in total. The SMILES string of the molecule is COC(=O)c1ccc(C=Cc2cc(C(=O)O)c3ccccc3n2)cc1. The maximum absolute atomic E-state index is 11.5. The van der Waals surface area contributed by atoms with E-state index in [1.54, 1.807) is 54.6 Å². The van der Waals surface area contributed by atoms with Crippen molar-refractivity contribution < 1.29 is 19.4 Å². The number of aromatic nitrogens is 1. The van der Waals surface area contributed by atoms with Gasteiger partial charge in [0.25, 0.3) is 0 Å². The van der Waals surface area contributed by atoms with Crippen molar-refractivity contribution in [2.45, 2.75) is 0 Å². The van der Waals surface area contributed by atoms with Gasteiger partial charge in [0, 0.05) is 5.39 Å². The van der Waals surface area contributed by atoms with Gasteiger partial charge in [-0.15, -0.1) is 0 Å². The van der Waals surface area contributed by atoms with Gasteiger partial charge in [0.15, 0.2) is 0 Å². The topological polar surface area (TPSA) is 76.5 Å². The van der Waals surface area contributed by atoms with Gasteiger partial charge >= 0.3 is 11.9 Å². The molecule has 3 rings (SSSR count). The molecule has 0 aliphatic heterocycles. The van der Waals surface area contributed by atoms with E-state index in [4.69, 9.17) is 0 Å². The van der Waals surface area contributed by atoms with Gasteiger partial charge in [0.2, 0.25) is 0 Å². The van der Waals surface area contributed by atoms with Crippen molar-refractivity contribution >= 4 is 35.0 Å².